The number of anilines is 1. The topological polar surface area (TPSA) is 48.8 Å². The van der Waals surface area contributed by atoms with Crippen LogP contribution in [0.5, 0.6) is 0 Å². The molecular weight excluding hydrogens is 693 g/mol. The van der Waals surface area contributed by atoms with Crippen LogP contribution in [0.4, 0.5) is 5.82 Å². The molecule has 0 aliphatic heterocycles. The largest absolute Gasteiger partial charge is 0.384 e. The van der Waals surface area contributed by atoms with Gasteiger partial charge in [0.2, 0.25) is 0 Å². The molecule has 270 valence electrons. The van der Waals surface area contributed by atoms with Crippen LogP contribution < -0.4 is 5.73 Å². The second-order valence-electron chi connectivity index (χ2n) is 15.5. The average molecular weight is 731 g/mol. The Balaban J connectivity index is 0.990. The number of aromatic nitrogens is 3. The van der Waals surface area contributed by atoms with Crippen molar-refractivity contribution in [3.63, 3.8) is 0 Å². The lowest BCUT2D eigenvalue weighted by Crippen LogP contribution is -2.25. The minimum atomic E-state index is -0.411. The Labute approximate surface area is 331 Å². The zero-order valence-electron chi connectivity index (χ0n) is 31.6. The van der Waals surface area contributed by atoms with E-state index in [2.05, 4.69) is 179 Å². The first kappa shape index (κ1) is 32.1. The molecule has 0 unspecified atom stereocenters. The van der Waals surface area contributed by atoms with Crippen LogP contribution in [-0.2, 0) is 11.8 Å². The summed E-state index contributed by atoms with van der Waals surface area (Å²) in [5, 5.41) is 2.40. The van der Waals surface area contributed by atoms with Gasteiger partial charge in [-0.2, -0.15) is 0 Å². The minimum absolute atomic E-state index is 0.411. The quantitative estimate of drug-likeness (QED) is 0.196. The van der Waals surface area contributed by atoms with Gasteiger partial charge in [-0.05, 0) is 112 Å². The van der Waals surface area contributed by atoms with Crippen molar-refractivity contribution in [3.8, 4) is 44.9 Å². The number of rotatable bonds is 4. The van der Waals surface area contributed by atoms with E-state index in [1.807, 2.05) is 13.0 Å². The summed E-state index contributed by atoms with van der Waals surface area (Å²) in [5.41, 5.74) is 26.8. The SMILES string of the molecule is C/C=C\c1c(N)n(-c2ccc(-c3ccc(-n4c5c(c6cc7c(nc64)-c4ccccc4C74c6ccccc6-c6ccccc64)CCC=C5)cc3)cc2)c2ccccc12. The molecule has 12 rings (SSSR count). The highest BCUT2D eigenvalue weighted by Gasteiger charge is 2.52. The molecule has 0 radical (unpaired) electrons. The van der Waals surface area contributed by atoms with E-state index in [-0.39, 0.29) is 0 Å². The summed E-state index contributed by atoms with van der Waals surface area (Å²) in [6.45, 7) is 2.03. The highest BCUT2D eigenvalue weighted by molar-refractivity contribution is 5.99. The van der Waals surface area contributed by atoms with E-state index >= 15 is 0 Å². The summed E-state index contributed by atoms with van der Waals surface area (Å²) in [6.07, 6.45) is 10.8. The smallest absolute Gasteiger partial charge is 0.145 e. The van der Waals surface area contributed by atoms with Crippen LogP contribution in [0.25, 0.3) is 79.0 Å². The predicted octanol–water partition coefficient (Wildman–Crippen LogP) is 12.6. The first-order chi connectivity index (χ1) is 28.2. The molecule has 57 heavy (non-hydrogen) atoms. The van der Waals surface area contributed by atoms with Gasteiger partial charge >= 0.3 is 0 Å². The van der Waals surface area contributed by atoms with Crippen LogP contribution in [0.3, 0.4) is 0 Å². The third kappa shape index (κ3) is 4.24. The number of pyridine rings is 1. The van der Waals surface area contributed by atoms with Crippen LogP contribution in [0.2, 0.25) is 0 Å². The van der Waals surface area contributed by atoms with Gasteiger partial charge in [0.05, 0.1) is 22.3 Å². The molecule has 0 amide bonds. The summed E-state index contributed by atoms with van der Waals surface area (Å²) in [5.74, 6) is 0.749. The third-order valence-corrected chi connectivity index (χ3v) is 12.7. The molecule has 0 bridgehead atoms. The fourth-order valence-electron chi connectivity index (χ4n) is 10.4. The number of nitrogens with two attached hydrogens (primary N) is 1. The van der Waals surface area contributed by atoms with Crippen molar-refractivity contribution in [1.82, 2.24) is 14.1 Å². The van der Waals surface area contributed by atoms with Crippen molar-refractivity contribution in [3.05, 3.63) is 203 Å². The Bertz CT molecular complexity index is 3140. The molecule has 1 spiro atoms. The number of nitrogens with zero attached hydrogens (tertiary/aromatic N) is 3. The zero-order valence-corrected chi connectivity index (χ0v) is 31.6. The predicted molar refractivity (Wildman–Crippen MR) is 236 cm³/mol. The lowest BCUT2D eigenvalue weighted by Gasteiger charge is -2.30. The summed E-state index contributed by atoms with van der Waals surface area (Å²) in [6, 6.07) is 55.6. The molecule has 4 heteroatoms. The zero-order chi connectivity index (χ0) is 37.8. The molecule has 9 aromatic rings. The second kappa shape index (κ2) is 11.9. The van der Waals surface area contributed by atoms with Crippen LogP contribution in [0.15, 0.2) is 164 Å². The molecule has 0 atom stereocenters. The fraction of sp³-hybridized carbons (Fsp3) is 0.0755. The number of fused-ring (bicyclic) bond motifs is 14. The Morgan fingerprint density at radius 1 is 0.614 bits per heavy atom. The van der Waals surface area contributed by atoms with Gasteiger partial charge < -0.3 is 5.73 Å². The maximum atomic E-state index is 6.76. The molecule has 6 aromatic carbocycles. The van der Waals surface area contributed by atoms with Gasteiger partial charge in [0, 0.05) is 33.3 Å². The fourth-order valence-corrected chi connectivity index (χ4v) is 10.4. The van der Waals surface area contributed by atoms with Crippen molar-refractivity contribution in [2.75, 3.05) is 5.73 Å². The van der Waals surface area contributed by atoms with Crippen LogP contribution in [-0.4, -0.2) is 14.1 Å². The van der Waals surface area contributed by atoms with Crippen LogP contribution in [0, 0.1) is 0 Å². The van der Waals surface area contributed by atoms with E-state index in [4.69, 9.17) is 10.7 Å². The molecule has 3 aliphatic carbocycles. The van der Waals surface area contributed by atoms with E-state index in [0.717, 1.165) is 69.0 Å². The number of aryl methyl sites for hydroxylation is 1. The summed E-state index contributed by atoms with van der Waals surface area (Å²) >= 11 is 0. The lowest BCUT2D eigenvalue weighted by molar-refractivity contribution is 0.793. The van der Waals surface area contributed by atoms with E-state index in [1.165, 1.54) is 55.6 Å². The Kier molecular flexibility index (Phi) is 6.71. The number of hydrogen-bond donors (Lipinski definition) is 1. The standard InChI is InChI=1S/C53H38N4/c1-2-13-41-39-16-6-11-22-48(39)56(51(41)54)35-28-24-33(25-29-35)34-26-30-36(31-27-34)57-49-23-12-7-17-40(49)43-32-47-50(55-52(43)57)42-18-5-10-21-46(42)53(47)44-19-8-3-14-37(44)38-15-4-9-20-45(38)53/h2-6,8-16,18-32H,7,17,54H2,1H3/b13-2-. The first-order valence-electron chi connectivity index (χ1n) is 19.9. The number of benzene rings is 6. The number of nitrogen functional groups attached to an aromatic ring is 1. The Morgan fingerprint density at radius 3 is 1.86 bits per heavy atom. The molecule has 0 saturated heterocycles. The van der Waals surface area contributed by atoms with Gasteiger partial charge in [-0.1, -0.05) is 133 Å². The van der Waals surface area contributed by atoms with Gasteiger partial charge in [-0.25, -0.2) is 4.98 Å². The molecule has 3 aromatic heterocycles. The van der Waals surface area contributed by atoms with E-state index in [9.17, 15) is 0 Å². The van der Waals surface area contributed by atoms with E-state index < -0.39 is 5.41 Å². The van der Waals surface area contributed by atoms with Gasteiger partial charge in [0.25, 0.3) is 0 Å². The molecule has 0 fully saturated rings. The van der Waals surface area contributed by atoms with Crippen molar-refractivity contribution < 1.29 is 0 Å². The van der Waals surface area contributed by atoms with Crippen molar-refractivity contribution in [2.24, 2.45) is 0 Å². The van der Waals surface area contributed by atoms with Crippen molar-refractivity contribution in [2.45, 2.75) is 25.2 Å². The molecular formula is C53H38N4. The van der Waals surface area contributed by atoms with Crippen molar-refractivity contribution >= 4 is 39.9 Å². The number of para-hydroxylation sites is 1. The molecule has 3 aliphatic rings. The highest BCUT2D eigenvalue weighted by Crippen LogP contribution is 2.62. The van der Waals surface area contributed by atoms with Gasteiger partial charge in [0.15, 0.2) is 0 Å². The summed E-state index contributed by atoms with van der Waals surface area (Å²) in [7, 11) is 0. The van der Waals surface area contributed by atoms with Crippen LogP contribution in [0.1, 0.15) is 52.4 Å². The van der Waals surface area contributed by atoms with Crippen molar-refractivity contribution in [1.29, 1.82) is 0 Å². The Morgan fingerprint density at radius 2 is 1.19 bits per heavy atom. The Hall–Kier alpha value is -7.17. The summed E-state index contributed by atoms with van der Waals surface area (Å²) < 4.78 is 4.54. The average Bonchev–Trinajstić information content (AvgIpc) is 3.95. The number of hydrogen-bond acceptors (Lipinski definition) is 2. The van der Waals surface area contributed by atoms with Gasteiger partial charge in [0.1, 0.15) is 11.5 Å². The van der Waals surface area contributed by atoms with Gasteiger partial charge in [-0.3, -0.25) is 9.13 Å². The highest BCUT2D eigenvalue weighted by atomic mass is 15.1. The first-order valence-corrected chi connectivity index (χ1v) is 19.9. The summed E-state index contributed by atoms with van der Waals surface area (Å²) in [4.78, 5) is 5.72. The maximum Gasteiger partial charge on any atom is 0.145 e. The maximum absolute atomic E-state index is 6.76. The molecule has 4 nitrogen and oxygen atoms in total. The van der Waals surface area contributed by atoms with E-state index in [0.29, 0.717) is 0 Å². The molecule has 2 N–H and O–H groups in total. The normalized spacial score (nSPS) is 14.3. The molecule has 3 heterocycles. The van der Waals surface area contributed by atoms with E-state index in [1.54, 1.807) is 0 Å². The number of allylic oxidation sites excluding steroid dienone is 2. The molecule has 0 saturated carbocycles. The van der Waals surface area contributed by atoms with Gasteiger partial charge in [-0.15, -0.1) is 0 Å². The third-order valence-electron chi connectivity index (χ3n) is 12.7. The lowest BCUT2D eigenvalue weighted by atomic mass is 9.70. The minimum Gasteiger partial charge on any atom is -0.384 e. The monoisotopic (exact) mass is 730 g/mol. The van der Waals surface area contributed by atoms with Crippen LogP contribution >= 0.6 is 0 Å². The second-order valence-corrected chi connectivity index (χ2v) is 15.5.